The van der Waals surface area contributed by atoms with Gasteiger partial charge >= 0.3 is 0 Å². The van der Waals surface area contributed by atoms with Gasteiger partial charge in [0, 0.05) is 68.3 Å². The fraction of sp³-hybridized carbons (Fsp3) is 0.554. The van der Waals surface area contributed by atoms with Gasteiger partial charge in [-0.2, -0.15) is 22.0 Å². The average molecular weight is 1280 g/mol. The number of para-hydroxylation sites is 1. The highest BCUT2D eigenvalue weighted by Gasteiger charge is 2.34. The number of fused-ring (bicyclic) bond motifs is 1. The van der Waals surface area contributed by atoms with Crippen LogP contribution in [0.2, 0.25) is 0 Å². The fourth-order valence-corrected chi connectivity index (χ4v) is 9.11. The monoisotopic (exact) mass is 1280 g/mol. The van der Waals surface area contributed by atoms with Crippen LogP contribution in [0.1, 0.15) is 111 Å². The smallest absolute Gasteiger partial charge is 0.243 e. The summed E-state index contributed by atoms with van der Waals surface area (Å²) in [5.74, 6) is -7.38. The number of hydrogen-bond acceptors (Lipinski definition) is 16. The van der Waals surface area contributed by atoms with Crippen molar-refractivity contribution in [1.29, 1.82) is 0 Å². The van der Waals surface area contributed by atoms with Crippen LogP contribution in [0.25, 0.3) is 10.9 Å². The fourth-order valence-electron chi connectivity index (χ4n) is 8.45. The zero-order chi connectivity index (χ0) is 65.5. The maximum absolute atomic E-state index is 14.3. The zero-order valence-electron chi connectivity index (χ0n) is 51.2. The summed E-state index contributed by atoms with van der Waals surface area (Å²) >= 11 is 11.8. The molecule has 0 fully saturated rings. The molecule has 7 atom stereocenters. The highest BCUT2D eigenvalue weighted by molar-refractivity contribution is 7.98. The highest BCUT2D eigenvalue weighted by atomic mass is 32.2. The van der Waals surface area contributed by atoms with Crippen LogP contribution in [0.3, 0.4) is 0 Å². The topological polar surface area (TPSA) is 436 Å². The second-order valence-corrected chi connectivity index (χ2v) is 23.3. The summed E-state index contributed by atoms with van der Waals surface area (Å²) in [4.78, 5) is 144. The number of carbonyl (C=O) groups excluding carboxylic acids is 10. The van der Waals surface area contributed by atoms with Crippen molar-refractivity contribution >= 4 is 128 Å². The molecule has 18 N–H and O–H groups in total. The Bertz CT molecular complexity index is 2940. The van der Waals surface area contributed by atoms with Gasteiger partial charge in [-0.1, -0.05) is 52.3 Å². The predicted molar refractivity (Wildman–Crippen MR) is 345 cm³/mol. The molecule has 0 spiro atoms. The molecule has 2 heterocycles. The number of imidazole rings is 1. The second kappa shape index (κ2) is 38.8. The lowest BCUT2D eigenvalue weighted by Gasteiger charge is -2.26. The molecule has 10 amide bonds. The SMILES string of the molecule is CNC(=S)N/N=C(C)/C(C)=N/NC(=S)NCCCCCC(=O)N[C@@H](CCC(N)=O)C(=O)NC(Cc1c[nH]c2ccccc12)C(=O)N[C@@H](C)C(=O)NC(C(=O)NCC(=O)NC(Cc1cnc[nH]1)C(=O)N[C@@H](CC(C)C)C(=O)NC(CCSC)C(N)=O)C(C)C. The molecule has 0 radical (unpaired) electrons. The number of amides is 10. The Kier molecular flexibility index (Phi) is 32.6. The van der Waals surface area contributed by atoms with Crippen molar-refractivity contribution in [2.45, 2.75) is 155 Å². The molecule has 1 aromatic carbocycles. The van der Waals surface area contributed by atoms with Crippen LogP contribution in [-0.4, -0.2) is 170 Å². The van der Waals surface area contributed by atoms with Gasteiger partial charge in [0.25, 0.3) is 0 Å². The van der Waals surface area contributed by atoms with Crippen LogP contribution in [0.5, 0.6) is 0 Å². The van der Waals surface area contributed by atoms with E-state index in [-0.39, 0.29) is 56.0 Å². The normalized spacial score (nSPS) is 13.9. The molecule has 484 valence electrons. The minimum absolute atomic E-state index is 0.0276. The summed E-state index contributed by atoms with van der Waals surface area (Å²) in [6.07, 6.45) is 7.87. The second-order valence-electron chi connectivity index (χ2n) is 21.5. The van der Waals surface area contributed by atoms with Gasteiger partial charge in [-0.25, -0.2) is 4.98 Å². The van der Waals surface area contributed by atoms with Gasteiger partial charge < -0.3 is 74.6 Å². The zero-order valence-corrected chi connectivity index (χ0v) is 53.7. The molecule has 0 saturated carbocycles. The Morgan fingerprint density at radius 2 is 1.26 bits per heavy atom. The lowest BCUT2D eigenvalue weighted by Crippen LogP contribution is -2.59. The van der Waals surface area contributed by atoms with Crippen LogP contribution in [0, 0.1) is 11.8 Å². The Morgan fingerprint density at radius 1 is 0.648 bits per heavy atom. The molecule has 0 aliphatic carbocycles. The average Bonchev–Trinajstić information content (AvgIpc) is 3.60. The largest absolute Gasteiger partial charge is 0.370 e. The van der Waals surface area contributed by atoms with Crippen molar-refractivity contribution in [2.75, 3.05) is 32.1 Å². The van der Waals surface area contributed by atoms with Gasteiger partial charge in [-0.05, 0) is 113 Å². The minimum Gasteiger partial charge on any atom is -0.370 e. The number of thiocarbonyl (C=S) groups is 2. The maximum Gasteiger partial charge on any atom is 0.243 e. The predicted octanol–water partition coefficient (Wildman–Crippen LogP) is -0.718. The highest BCUT2D eigenvalue weighted by Crippen LogP contribution is 2.20. The third kappa shape index (κ3) is 27.2. The summed E-state index contributed by atoms with van der Waals surface area (Å²) in [6.45, 7) is 11.7. The number of H-pyrrole nitrogens is 2. The van der Waals surface area contributed by atoms with Crippen LogP contribution < -0.4 is 75.5 Å². The van der Waals surface area contributed by atoms with E-state index in [1.165, 1.54) is 31.2 Å². The number of rotatable bonds is 38. The molecule has 0 aliphatic heterocycles. The van der Waals surface area contributed by atoms with Crippen LogP contribution in [-0.2, 0) is 60.8 Å². The first kappa shape index (κ1) is 74.0. The van der Waals surface area contributed by atoms with E-state index in [1.807, 2.05) is 38.3 Å². The molecular formula is C56H87N19O10S3. The number of nitrogens with zero attached hydrogens (tertiary/aromatic N) is 3. The summed E-state index contributed by atoms with van der Waals surface area (Å²) in [7, 11) is 1.67. The first-order chi connectivity index (χ1) is 41.7. The standard InChI is InChI=1S/C56H87N19O10S3/c1-30(2)23-41(52(83)68-39(48(58)79)20-22-88-9)69-53(84)43(25-36-27-60-29-64-36)67-46(78)28-63-54(85)47(31(3)4)71-49(80)34(7)65-51(82)42(24-35-26-62-38-16-13-12-15-37(35)38)70-50(81)40(18-19-44(57)76)66-45(77)17-11-10-14-21-61-56(87)75-73-33(6)32(5)72-74-55(86)59-8/h12-13,15-16,26-27,29-31,34,39-43,47,62H,10-11,14,17-25,28H2,1-9H3,(H2,57,76)(H2,58,79)(H,60,64)(H,63,85)(H,65,82)(H,66,77)(H,67,78)(H,68,83)(H,69,84)(H,70,81)(H,71,80)(H2,59,74,86)(H2,61,75,87)/b72-32+,73-33+/t34-,39?,40-,41-,42?,43?,47?/m0/s1. The van der Waals surface area contributed by atoms with Crippen LogP contribution in [0.15, 0.2) is 53.2 Å². The Morgan fingerprint density at radius 3 is 1.89 bits per heavy atom. The van der Waals surface area contributed by atoms with E-state index in [0.717, 1.165) is 10.9 Å². The quantitative estimate of drug-likeness (QED) is 0.0146. The number of nitrogens with two attached hydrogens (primary N) is 2. The molecule has 4 unspecified atom stereocenters. The van der Waals surface area contributed by atoms with Crippen molar-refractivity contribution in [2.24, 2.45) is 33.5 Å². The van der Waals surface area contributed by atoms with Gasteiger partial charge in [-0.15, -0.1) is 0 Å². The van der Waals surface area contributed by atoms with Crippen LogP contribution >= 0.6 is 36.2 Å². The van der Waals surface area contributed by atoms with Gasteiger partial charge in [0.1, 0.15) is 42.3 Å². The number of aromatic amines is 2. The lowest BCUT2D eigenvalue weighted by atomic mass is 10.0. The molecule has 29 nitrogen and oxygen atoms in total. The summed E-state index contributed by atoms with van der Waals surface area (Å²) in [5.41, 5.74) is 19.4. The van der Waals surface area contributed by atoms with Crippen molar-refractivity contribution in [3.63, 3.8) is 0 Å². The molecule has 0 saturated heterocycles. The first-order valence-electron chi connectivity index (χ1n) is 28.8. The van der Waals surface area contributed by atoms with Crippen molar-refractivity contribution in [3.8, 4) is 0 Å². The number of hydrazone groups is 2. The first-order valence-corrected chi connectivity index (χ1v) is 31.0. The molecule has 88 heavy (non-hydrogen) atoms. The minimum atomic E-state index is -1.35. The van der Waals surface area contributed by atoms with Gasteiger partial charge in [0.2, 0.25) is 59.1 Å². The number of benzene rings is 1. The van der Waals surface area contributed by atoms with E-state index in [2.05, 4.69) is 89.2 Å². The number of carbonyl (C=O) groups is 10. The van der Waals surface area contributed by atoms with E-state index in [1.54, 1.807) is 47.0 Å². The number of hydrogen-bond donors (Lipinski definition) is 16. The number of aromatic nitrogens is 3. The summed E-state index contributed by atoms with van der Waals surface area (Å²) in [6, 6.07) is -1.29. The van der Waals surface area contributed by atoms with Gasteiger partial charge in [0.05, 0.1) is 24.3 Å². The maximum atomic E-state index is 14.3. The molecule has 3 rings (SSSR count). The molecule has 2 aromatic heterocycles. The van der Waals surface area contributed by atoms with E-state index in [0.29, 0.717) is 59.4 Å². The van der Waals surface area contributed by atoms with Crippen molar-refractivity contribution in [1.82, 2.24) is 79.0 Å². The summed E-state index contributed by atoms with van der Waals surface area (Å²) in [5, 5.41) is 36.6. The Hall–Kier alpha value is -8.26. The van der Waals surface area contributed by atoms with Gasteiger partial charge in [-0.3, -0.25) is 58.8 Å². The number of unbranched alkanes of at least 4 members (excludes halogenated alkanes) is 2. The third-order valence-electron chi connectivity index (χ3n) is 13.5. The summed E-state index contributed by atoms with van der Waals surface area (Å²) < 4.78 is 0. The van der Waals surface area contributed by atoms with Crippen molar-refractivity contribution < 1.29 is 47.9 Å². The molecule has 0 aliphatic rings. The van der Waals surface area contributed by atoms with Crippen molar-refractivity contribution in [3.05, 3.63) is 54.2 Å². The number of nitrogens with one attached hydrogen (secondary N) is 14. The Labute approximate surface area is 527 Å². The van der Waals surface area contributed by atoms with E-state index in [4.69, 9.17) is 35.9 Å². The van der Waals surface area contributed by atoms with Crippen LogP contribution in [0.4, 0.5) is 0 Å². The Balaban J connectivity index is 1.68. The molecular weight excluding hydrogens is 1190 g/mol. The molecule has 32 heteroatoms. The van der Waals surface area contributed by atoms with E-state index in [9.17, 15) is 47.9 Å². The molecule has 3 aromatic rings. The van der Waals surface area contributed by atoms with E-state index < -0.39 is 114 Å². The van der Waals surface area contributed by atoms with Gasteiger partial charge in [0.15, 0.2) is 10.2 Å². The third-order valence-corrected chi connectivity index (χ3v) is 14.7. The lowest BCUT2D eigenvalue weighted by molar-refractivity contribution is -0.135. The number of primary amides is 2. The molecule has 0 bridgehead atoms. The van der Waals surface area contributed by atoms with E-state index >= 15 is 0 Å². The number of thioether (sulfide) groups is 1.